The number of fused-ring (bicyclic) bond motifs is 1. The Labute approximate surface area is 130 Å². The third kappa shape index (κ3) is 2.69. The molecule has 0 bridgehead atoms. The van der Waals surface area contributed by atoms with Gasteiger partial charge < -0.3 is 0 Å². The zero-order valence-electron chi connectivity index (χ0n) is 12.2. The first-order valence-corrected chi connectivity index (χ1v) is 8.39. The van der Waals surface area contributed by atoms with Gasteiger partial charge in [0.15, 0.2) is 0 Å². The van der Waals surface area contributed by atoms with Crippen LogP contribution in [0.4, 0.5) is 0 Å². The van der Waals surface area contributed by atoms with Crippen molar-refractivity contribution in [2.24, 2.45) is 0 Å². The molecule has 1 aliphatic carbocycles. The van der Waals surface area contributed by atoms with E-state index in [0.717, 1.165) is 0 Å². The number of aryl methyl sites for hydroxylation is 4. The summed E-state index contributed by atoms with van der Waals surface area (Å²) in [6.07, 6.45) is 5.19. The molecule has 0 saturated carbocycles. The van der Waals surface area contributed by atoms with Crippen LogP contribution in [0.3, 0.4) is 0 Å². The third-order valence-electron chi connectivity index (χ3n) is 4.49. The van der Waals surface area contributed by atoms with Crippen LogP contribution in [0.1, 0.15) is 51.0 Å². The smallest absolute Gasteiger partial charge is 0.0644 e. The first-order chi connectivity index (χ1) is 9.65. The van der Waals surface area contributed by atoms with Crippen molar-refractivity contribution in [1.29, 1.82) is 0 Å². The Morgan fingerprint density at radius 2 is 1.45 bits per heavy atom. The molecule has 1 aliphatic rings. The van der Waals surface area contributed by atoms with Crippen LogP contribution in [0.15, 0.2) is 36.4 Å². The van der Waals surface area contributed by atoms with Crippen molar-refractivity contribution in [2.75, 3.05) is 0 Å². The van der Waals surface area contributed by atoms with Crippen molar-refractivity contribution in [1.82, 2.24) is 0 Å². The van der Waals surface area contributed by atoms with E-state index in [0.29, 0.717) is 4.83 Å². The SMILES string of the molecule is Cc1ccc(C(Br)c2ccc3c(c2)CCCC3)cc1C. The molecule has 0 amide bonds. The van der Waals surface area contributed by atoms with E-state index >= 15 is 0 Å². The molecule has 1 unspecified atom stereocenters. The number of rotatable bonds is 2. The van der Waals surface area contributed by atoms with Crippen LogP contribution in [0.25, 0.3) is 0 Å². The van der Waals surface area contributed by atoms with Gasteiger partial charge in [-0.1, -0.05) is 52.3 Å². The van der Waals surface area contributed by atoms with Gasteiger partial charge >= 0.3 is 0 Å². The van der Waals surface area contributed by atoms with Gasteiger partial charge in [0.2, 0.25) is 0 Å². The lowest BCUT2D eigenvalue weighted by atomic mass is 9.89. The maximum Gasteiger partial charge on any atom is 0.0644 e. The highest BCUT2D eigenvalue weighted by Crippen LogP contribution is 2.34. The van der Waals surface area contributed by atoms with Gasteiger partial charge in [-0.05, 0) is 72.9 Å². The molecular formula is C19H21Br. The average molecular weight is 329 g/mol. The molecule has 0 fully saturated rings. The molecule has 0 saturated heterocycles. The van der Waals surface area contributed by atoms with Crippen molar-refractivity contribution in [3.63, 3.8) is 0 Å². The fourth-order valence-corrected chi connectivity index (χ4v) is 3.60. The molecule has 0 spiro atoms. The van der Waals surface area contributed by atoms with Crippen LogP contribution >= 0.6 is 15.9 Å². The molecule has 20 heavy (non-hydrogen) atoms. The second-order valence-electron chi connectivity index (χ2n) is 5.94. The fraction of sp³-hybridized carbons (Fsp3) is 0.368. The summed E-state index contributed by atoms with van der Waals surface area (Å²) in [6, 6.07) is 13.8. The minimum absolute atomic E-state index is 0.300. The van der Waals surface area contributed by atoms with Crippen molar-refractivity contribution in [3.05, 3.63) is 69.8 Å². The van der Waals surface area contributed by atoms with E-state index in [9.17, 15) is 0 Å². The van der Waals surface area contributed by atoms with Gasteiger partial charge in [-0.15, -0.1) is 0 Å². The molecule has 3 rings (SSSR count). The van der Waals surface area contributed by atoms with Crippen LogP contribution in [0, 0.1) is 13.8 Å². The highest BCUT2D eigenvalue weighted by Gasteiger charge is 2.15. The molecule has 104 valence electrons. The van der Waals surface area contributed by atoms with Gasteiger partial charge in [-0.3, -0.25) is 0 Å². The average Bonchev–Trinajstić information content (AvgIpc) is 2.49. The van der Waals surface area contributed by atoms with Gasteiger partial charge in [0, 0.05) is 0 Å². The highest BCUT2D eigenvalue weighted by molar-refractivity contribution is 9.09. The van der Waals surface area contributed by atoms with E-state index in [1.807, 2.05) is 0 Å². The number of halogens is 1. The Morgan fingerprint density at radius 3 is 2.20 bits per heavy atom. The van der Waals surface area contributed by atoms with Gasteiger partial charge in [-0.2, -0.15) is 0 Å². The summed E-state index contributed by atoms with van der Waals surface area (Å²) in [5, 5.41) is 0. The van der Waals surface area contributed by atoms with Gasteiger partial charge in [-0.25, -0.2) is 0 Å². The number of hydrogen-bond acceptors (Lipinski definition) is 0. The molecular weight excluding hydrogens is 308 g/mol. The lowest BCUT2D eigenvalue weighted by Gasteiger charge is -2.19. The summed E-state index contributed by atoms with van der Waals surface area (Å²) in [4.78, 5) is 0.300. The summed E-state index contributed by atoms with van der Waals surface area (Å²) in [6.45, 7) is 4.35. The molecule has 0 aliphatic heterocycles. The normalized spacial score (nSPS) is 15.8. The van der Waals surface area contributed by atoms with Crippen molar-refractivity contribution < 1.29 is 0 Å². The molecule has 1 heteroatoms. The molecule has 0 N–H and O–H groups in total. The lowest BCUT2D eigenvalue weighted by molar-refractivity contribution is 0.684. The Balaban J connectivity index is 1.93. The van der Waals surface area contributed by atoms with E-state index in [1.165, 1.54) is 47.9 Å². The van der Waals surface area contributed by atoms with Crippen molar-refractivity contribution in [3.8, 4) is 0 Å². The molecule has 1 atom stereocenters. The summed E-state index contributed by atoms with van der Waals surface area (Å²) in [7, 11) is 0. The highest BCUT2D eigenvalue weighted by atomic mass is 79.9. The first kappa shape index (κ1) is 13.9. The summed E-state index contributed by atoms with van der Waals surface area (Å²) in [5.74, 6) is 0. The van der Waals surface area contributed by atoms with Gasteiger partial charge in [0.05, 0.1) is 4.83 Å². The molecule has 0 heterocycles. The van der Waals surface area contributed by atoms with E-state index in [4.69, 9.17) is 0 Å². The Morgan fingerprint density at radius 1 is 0.800 bits per heavy atom. The lowest BCUT2D eigenvalue weighted by Crippen LogP contribution is -2.04. The Hall–Kier alpha value is -1.08. The van der Waals surface area contributed by atoms with E-state index in [-0.39, 0.29) is 0 Å². The quantitative estimate of drug-likeness (QED) is 0.623. The molecule has 0 nitrogen and oxygen atoms in total. The largest absolute Gasteiger partial charge is 0.0786 e. The predicted octanol–water partition coefficient (Wildman–Crippen LogP) is 5.67. The minimum atomic E-state index is 0.300. The Bertz CT molecular complexity index is 628. The van der Waals surface area contributed by atoms with Crippen LogP contribution in [0.5, 0.6) is 0 Å². The maximum atomic E-state index is 3.88. The second-order valence-corrected chi connectivity index (χ2v) is 6.86. The van der Waals surface area contributed by atoms with Crippen LogP contribution < -0.4 is 0 Å². The van der Waals surface area contributed by atoms with E-state index in [2.05, 4.69) is 66.2 Å². The van der Waals surface area contributed by atoms with Gasteiger partial charge in [0.25, 0.3) is 0 Å². The van der Waals surface area contributed by atoms with Crippen LogP contribution in [0.2, 0.25) is 0 Å². The van der Waals surface area contributed by atoms with Crippen LogP contribution in [-0.4, -0.2) is 0 Å². The number of benzene rings is 2. The minimum Gasteiger partial charge on any atom is -0.0786 e. The topological polar surface area (TPSA) is 0 Å². The molecule has 0 radical (unpaired) electrons. The summed E-state index contributed by atoms with van der Waals surface area (Å²) >= 11 is 3.88. The number of hydrogen-bond donors (Lipinski definition) is 0. The summed E-state index contributed by atoms with van der Waals surface area (Å²) < 4.78 is 0. The maximum absolute atomic E-state index is 3.88. The molecule has 0 aromatic heterocycles. The molecule has 2 aromatic rings. The summed E-state index contributed by atoms with van der Waals surface area (Å²) in [5.41, 5.74) is 8.57. The van der Waals surface area contributed by atoms with E-state index < -0.39 is 0 Å². The Kier molecular flexibility index (Phi) is 3.98. The van der Waals surface area contributed by atoms with E-state index in [1.54, 1.807) is 11.1 Å². The standard InChI is InChI=1S/C19H21Br/c1-13-7-8-17(11-14(13)2)19(20)18-10-9-15-5-3-4-6-16(15)12-18/h7-12,19H,3-6H2,1-2H3. The first-order valence-electron chi connectivity index (χ1n) is 7.48. The van der Waals surface area contributed by atoms with Crippen molar-refractivity contribution >= 4 is 15.9 Å². The predicted molar refractivity (Wildman–Crippen MR) is 89.8 cm³/mol. The van der Waals surface area contributed by atoms with Crippen LogP contribution in [-0.2, 0) is 12.8 Å². The zero-order valence-corrected chi connectivity index (χ0v) is 13.8. The second kappa shape index (κ2) is 5.73. The number of alkyl halides is 1. The molecule has 2 aromatic carbocycles. The third-order valence-corrected chi connectivity index (χ3v) is 5.55. The van der Waals surface area contributed by atoms with Crippen molar-refractivity contribution in [2.45, 2.75) is 44.4 Å². The zero-order chi connectivity index (χ0) is 14.1. The monoisotopic (exact) mass is 328 g/mol. The van der Waals surface area contributed by atoms with Gasteiger partial charge in [0.1, 0.15) is 0 Å². The fourth-order valence-electron chi connectivity index (χ4n) is 3.03.